The Kier molecular flexibility index (Phi) is 4.14. The maximum Gasteiger partial charge on any atom is 0.326 e. The molecule has 0 saturated heterocycles. The number of hydrogen-bond acceptors (Lipinski definition) is 3. The number of carbonyl (C=O) groups is 1. The maximum atomic E-state index is 11.8. The Balaban J connectivity index is 2.50. The van der Waals surface area contributed by atoms with Gasteiger partial charge in [-0.2, -0.15) is 0 Å². The lowest BCUT2D eigenvalue weighted by molar-refractivity contribution is -0.159. The number of carbonyl (C=O) groups excluding carboxylic acids is 1. The normalized spacial score (nSPS) is 30.7. The minimum atomic E-state index is -0.822. The summed E-state index contributed by atoms with van der Waals surface area (Å²) < 4.78 is 5.50. The Hall–Kier alpha value is -0.570. The van der Waals surface area contributed by atoms with Crippen molar-refractivity contribution in [3.8, 4) is 0 Å². The van der Waals surface area contributed by atoms with Crippen LogP contribution in [0.5, 0.6) is 0 Å². The number of rotatable bonds is 3. The van der Waals surface area contributed by atoms with Gasteiger partial charge in [-0.1, -0.05) is 20.3 Å². The molecule has 0 spiro atoms. The van der Waals surface area contributed by atoms with Crippen LogP contribution in [0, 0.1) is 5.92 Å². The van der Waals surface area contributed by atoms with Crippen LogP contribution in [0.2, 0.25) is 0 Å². The molecule has 3 atom stereocenters. The van der Waals surface area contributed by atoms with Crippen LogP contribution in [0.3, 0.4) is 0 Å². The molecule has 0 aromatic rings. The van der Waals surface area contributed by atoms with Crippen molar-refractivity contribution >= 4 is 5.97 Å². The first kappa shape index (κ1) is 12.5. The van der Waals surface area contributed by atoms with Crippen LogP contribution in [0.15, 0.2) is 0 Å². The van der Waals surface area contributed by atoms with Gasteiger partial charge in [0.2, 0.25) is 0 Å². The molecule has 1 fully saturated rings. The molecule has 0 heterocycles. The minimum Gasteiger partial charge on any atom is -0.461 e. The minimum absolute atomic E-state index is 0.0840. The molecule has 0 aliphatic heterocycles. The van der Waals surface area contributed by atoms with Crippen molar-refractivity contribution in [2.45, 2.75) is 64.5 Å². The third-order valence-electron chi connectivity index (χ3n) is 3.49. The lowest BCUT2D eigenvalue weighted by Crippen LogP contribution is -2.47. The van der Waals surface area contributed by atoms with E-state index in [1.807, 2.05) is 6.92 Å². The molecule has 1 saturated carbocycles. The van der Waals surface area contributed by atoms with Crippen LogP contribution >= 0.6 is 0 Å². The standard InChI is InChI=1S/C12H23NO2/c1-4-12(3,13)11(14)15-10-8-6-5-7-9(10)2/h9-10H,4-8,13H2,1-3H3. The molecule has 1 aliphatic carbocycles. The summed E-state index contributed by atoms with van der Waals surface area (Å²) in [5.74, 6) is 0.235. The van der Waals surface area contributed by atoms with Crippen molar-refractivity contribution in [1.29, 1.82) is 0 Å². The Morgan fingerprint density at radius 3 is 2.60 bits per heavy atom. The van der Waals surface area contributed by atoms with E-state index in [1.165, 1.54) is 6.42 Å². The molecule has 88 valence electrons. The Morgan fingerprint density at radius 1 is 1.47 bits per heavy atom. The van der Waals surface area contributed by atoms with Gasteiger partial charge in [0.25, 0.3) is 0 Å². The third kappa shape index (κ3) is 3.20. The van der Waals surface area contributed by atoms with Crippen molar-refractivity contribution < 1.29 is 9.53 Å². The summed E-state index contributed by atoms with van der Waals surface area (Å²) >= 11 is 0. The highest BCUT2D eigenvalue weighted by Crippen LogP contribution is 2.27. The highest BCUT2D eigenvalue weighted by Gasteiger charge is 2.32. The molecule has 2 N–H and O–H groups in total. The first-order chi connectivity index (χ1) is 6.97. The molecule has 0 radical (unpaired) electrons. The quantitative estimate of drug-likeness (QED) is 0.731. The van der Waals surface area contributed by atoms with Crippen molar-refractivity contribution in [3.63, 3.8) is 0 Å². The third-order valence-corrected chi connectivity index (χ3v) is 3.49. The van der Waals surface area contributed by atoms with E-state index >= 15 is 0 Å². The molecule has 3 nitrogen and oxygen atoms in total. The smallest absolute Gasteiger partial charge is 0.326 e. The summed E-state index contributed by atoms with van der Waals surface area (Å²) in [6, 6.07) is 0. The zero-order valence-electron chi connectivity index (χ0n) is 10.1. The van der Waals surface area contributed by atoms with Gasteiger partial charge in [-0.05, 0) is 38.5 Å². The zero-order valence-corrected chi connectivity index (χ0v) is 10.1. The lowest BCUT2D eigenvalue weighted by atomic mass is 9.87. The summed E-state index contributed by atoms with van der Waals surface area (Å²) in [6.45, 7) is 5.80. The summed E-state index contributed by atoms with van der Waals surface area (Å²) in [7, 11) is 0. The molecule has 1 aliphatic rings. The van der Waals surface area contributed by atoms with E-state index in [0.717, 1.165) is 19.3 Å². The van der Waals surface area contributed by atoms with Crippen molar-refractivity contribution in [3.05, 3.63) is 0 Å². The Bertz CT molecular complexity index is 226. The van der Waals surface area contributed by atoms with Crippen LogP contribution in [0.1, 0.15) is 52.9 Å². The van der Waals surface area contributed by atoms with Gasteiger partial charge in [-0.3, -0.25) is 4.79 Å². The van der Waals surface area contributed by atoms with Crippen LogP contribution in [0.25, 0.3) is 0 Å². The predicted molar refractivity (Wildman–Crippen MR) is 60.4 cm³/mol. The molecule has 0 amide bonds. The maximum absolute atomic E-state index is 11.8. The first-order valence-corrected chi connectivity index (χ1v) is 5.97. The van der Waals surface area contributed by atoms with Crippen molar-refractivity contribution in [2.24, 2.45) is 11.7 Å². The van der Waals surface area contributed by atoms with E-state index in [0.29, 0.717) is 12.3 Å². The molecule has 1 rings (SSSR count). The van der Waals surface area contributed by atoms with Crippen LogP contribution in [-0.4, -0.2) is 17.6 Å². The van der Waals surface area contributed by atoms with Gasteiger partial charge in [0, 0.05) is 0 Å². The Labute approximate surface area is 92.4 Å². The molecule has 3 heteroatoms. The molecule has 0 bridgehead atoms. The van der Waals surface area contributed by atoms with Gasteiger partial charge in [-0.15, -0.1) is 0 Å². The fourth-order valence-electron chi connectivity index (χ4n) is 1.87. The van der Waals surface area contributed by atoms with Gasteiger partial charge in [0.15, 0.2) is 0 Å². The van der Waals surface area contributed by atoms with Gasteiger partial charge in [-0.25, -0.2) is 0 Å². The highest BCUT2D eigenvalue weighted by atomic mass is 16.5. The van der Waals surface area contributed by atoms with Crippen LogP contribution < -0.4 is 5.73 Å². The lowest BCUT2D eigenvalue weighted by Gasteiger charge is -2.31. The molecular weight excluding hydrogens is 190 g/mol. The number of esters is 1. The number of nitrogens with two attached hydrogens (primary N) is 1. The predicted octanol–water partition coefficient (Wildman–Crippen LogP) is 2.24. The number of ether oxygens (including phenoxy) is 1. The molecule has 0 aromatic carbocycles. The summed E-state index contributed by atoms with van der Waals surface area (Å²) in [4.78, 5) is 11.8. The van der Waals surface area contributed by atoms with E-state index in [2.05, 4.69) is 6.92 Å². The first-order valence-electron chi connectivity index (χ1n) is 5.97. The van der Waals surface area contributed by atoms with Crippen LogP contribution in [-0.2, 0) is 9.53 Å². The molecule has 15 heavy (non-hydrogen) atoms. The van der Waals surface area contributed by atoms with E-state index in [-0.39, 0.29) is 12.1 Å². The van der Waals surface area contributed by atoms with Crippen molar-refractivity contribution in [2.75, 3.05) is 0 Å². The van der Waals surface area contributed by atoms with Gasteiger partial charge in [0.05, 0.1) is 0 Å². The van der Waals surface area contributed by atoms with E-state index in [1.54, 1.807) is 6.92 Å². The fraction of sp³-hybridized carbons (Fsp3) is 0.917. The zero-order chi connectivity index (χ0) is 11.5. The Morgan fingerprint density at radius 2 is 2.07 bits per heavy atom. The number of hydrogen-bond donors (Lipinski definition) is 1. The largest absolute Gasteiger partial charge is 0.461 e. The van der Waals surface area contributed by atoms with Gasteiger partial charge >= 0.3 is 5.97 Å². The summed E-state index contributed by atoms with van der Waals surface area (Å²) in [5, 5.41) is 0. The topological polar surface area (TPSA) is 52.3 Å². The SMILES string of the molecule is CCC(C)(N)C(=O)OC1CCCCC1C. The average molecular weight is 213 g/mol. The molecule has 3 unspecified atom stereocenters. The second kappa shape index (κ2) is 4.97. The monoisotopic (exact) mass is 213 g/mol. The summed E-state index contributed by atoms with van der Waals surface area (Å²) in [6.07, 6.45) is 5.27. The highest BCUT2D eigenvalue weighted by molar-refractivity contribution is 5.80. The summed E-state index contributed by atoms with van der Waals surface area (Å²) in [5.41, 5.74) is 5.03. The van der Waals surface area contributed by atoms with E-state index in [4.69, 9.17) is 10.5 Å². The van der Waals surface area contributed by atoms with Gasteiger partial charge < -0.3 is 10.5 Å². The fourth-order valence-corrected chi connectivity index (χ4v) is 1.87. The second-order valence-electron chi connectivity index (χ2n) is 4.98. The second-order valence-corrected chi connectivity index (χ2v) is 4.98. The van der Waals surface area contributed by atoms with Gasteiger partial charge in [0.1, 0.15) is 11.6 Å². The average Bonchev–Trinajstić information content (AvgIpc) is 2.21. The van der Waals surface area contributed by atoms with E-state index in [9.17, 15) is 4.79 Å². The molecular formula is C12H23NO2. The molecule has 0 aromatic heterocycles. The van der Waals surface area contributed by atoms with Crippen LogP contribution in [0.4, 0.5) is 0 Å². The van der Waals surface area contributed by atoms with E-state index < -0.39 is 5.54 Å². The van der Waals surface area contributed by atoms with Crippen molar-refractivity contribution in [1.82, 2.24) is 0 Å².